The highest BCUT2D eigenvalue weighted by Crippen LogP contribution is 2.35. The van der Waals surface area contributed by atoms with E-state index in [2.05, 4.69) is 49.0 Å². The topological polar surface area (TPSA) is 169 Å². The first-order valence-electron chi connectivity index (χ1n) is 20.2. The average Bonchev–Trinajstić information content (AvgIpc) is 3.19. The monoisotopic (exact) mass is 767 g/mol. The molecule has 0 heterocycles. The number of ether oxygens (including phenoxy) is 1. The normalized spacial score (nSPS) is 18.3. The van der Waals surface area contributed by atoms with Gasteiger partial charge in [0.2, 0.25) is 23.6 Å². The second-order valence-electron chi connectivity index (χ2n) is 15.5. The molecule has 0 aliphatic heterocycles. The summed E-state index contributed by atoms with van der Waals surface area (Å²) in [6.45, 7) is 8.83. The number of aryl methyl sites for hydroxylation is 1. The van der Waals surface area contributed by atoms with Crippen LogP contribution in [0.15, 0.2) is 84.9 Å². The van der Waals surface area contributed by atoms with E-state index in [-0.39, 0.29) is 37.9 Å². The van der Waals surface area contributed by atoms with Crippen molar-refractivity contribution in [2.75, 3.05) is 13.2 Å². The van der Waals surface area contributed by atoms with Gasteiger partial charge in [0.15, 0.2) is 0 Å². The number of primary amides is 1. The maximum atomic E-state index is 14.1. The van der Waals surface area contributed by atoms with E-state index in [1.54, 1.807) is 12.1 Å². The van der Waals surface area contributed by atoms with Crippen molar-refractivity contribution in [1.29, 1.82) is 0 Å². The fourth-order valence-electron chi connectivity index (χ4n) is 7.34. The van der Waals surface area contributed by atoms with Gasteiger partial charge in [0.1, 0.15) is 24.7 Å². The van der Waals surface area contributed by atoms with Crippen molar-refractivity contribution in [2.45, 2.75) is 110 Å². The van der Waals surface area contributed by atoms with Gasteiger partial charge in [-0.25, -0.2) is 0 Å². The van der Waals surface area contributed by atoms with Crippen molar-refractivity contribution in [2.24, 2.45) is 23.5 Å². The minimum absolute atomic E-state index is 0.0368. The predicted molar refractivity (Wildman–Crippen MR) is 218 cm³/mol. The van der Waals surface area contributed by atoms with Crippen LogP contribution in [0.3, 0.4) is 0 Å². The van der Waals surface area contributed by atoms with Crippen LogP contribution in [-0.2, 0) is 43.2 Å². The molecule has 5 amide bonds. The molecule has 5 unspecified atom stereocenters. The molecule has 0 bridgehead atoms. The standard InChI is InChI=1S/C45H61N5O6/c1-5-32-20-22-35(23-21-32)43(53)47-25-13-12-18-37(42(46)52)49-45(55)39(28-34-16-10-7-11-17-34)50-44(54)38(27-33-14-8-6-9-15-33)48-41(51)29-56-40-26-31(4)19-24-36(40)30(2)3/h6-11,14-17,20-23,30-31,36-40H,5,12-13,18-19,24-29H2,1-4H3,(H2,46,52)(H,47,53)(H,48,51)(H,49,55)(H,50,54)/t31?,36?,37-,38?,39?,40?/m1/s1. The van der Waals surface area contributed by atoms with Gasteiger partial charge in [-0.2, -0.15) is 0 Å². The van der Waals surface area contributed by atoms with Crippen molar-refractivity contribution >= 4 is 29.5 Å². The van der Waals surface area contributed by atoms with Gasteiger partial charge in [-0.3, -0.25) is 24.0 Å². The van der Waals surface area contributed by atoms with Gasteiger partial charge in [-0.15, -0.1) is 0 Å². The predicted octanol–water partition coefficient (Wildman–Crippen LogP) is 5.05. The zero-order valence-corrected chi connectivity index (χ0v) is 33.4. The van der Waals surface area contributed by atoms with E-state index in [9.17, 15) is 24.0 Å². The first-order chi connectivity index (χ1) is 26.9. The highest BCUT2D eigenvalue weighted by atomic mass is 16.5. The summed E-state index contributed by atoms with van der Waals surface area (Å²) in [4.78, 5) is 66.4. The van der Waals surface area contributed by atoms with Crippen LogP contribution in [0.1, 0.15) is 93.3 Å². The summed E-state index contributed by atoms with van der Waals surface area (Å²) in [5.74, 6) is -1.11. The van der Waals surface area contributed by atoms with E-state index in [1.165, 1.54) is 0 Å². The maximum Gasteiger partial charge on any atom is 0.251 e. The first kappa shape index (κ1) is 43.7. The maximum absolute atomic E-state index is 14.1. The Bertz CT molecular complexity index is 1700. The molecule has 11 heteroatoms. The van der Waals surface area contributed by atoms with Crippen LogP contribution in [0.5, 0.6) is 0 Å². The summed E-state index contributed by atoms with van der Waals surface area (Å²) in [7, 11) is 0. The number of amides is 5. The molecule has 3 aromatic rings. The number of nitrogens with two attached hydrogens (primary N) is 1. The summed E-state index contributed by atoms with van der Waals surface area (Å²) >= 11 is 0. The molecule has 6 atom stereocenters. The zero-order chi connectivity index (χ0) is 40.5. The summed E-state index contributed by atoms with van der Waals surface area (Å²) < 4.78 is 6.20. The molecular formula is C45H61N5O6. The van der Waals surface area contributed by atoms with Gasteiger partial charge in [0.05, 0.1) is 6.10 Å². The molecule has 6 N–H and O–H groups in total. The number of nitrogens with one attached hydrogen (secondary N) is 4. The van der Waals surface area contributed by atoms with Gasteiger partial charge in [-0.1, -0.05) is 107 Å². The molecule has 1 aliphatic carbocycles. The van der Waals surface area contributed by atoms with Gasteiger partial charge < -0.3 is 31.7 Å². The number of unbranched alkanes of at least 4 members (excludes halogenated alkanes) is 1. The lowest BCUT2D eigenvalue weighted by atomic mass is 9.75. The zero-order valence-electron chi connectivity index (χ0n) is 33.4. The molecule has 56 heavy (non-hydrogen) atoms. The molecular weight excluding hydrogens is 707 g/mol. The molecule has 11 nitrogen and oxygen atoms in total. The summed E-state index contributed by atoms with van der Waals surface area (Å²) in [5.41, 5.74) is 9.08. The lowest BCUT2D eigenvalue weighted by Crippen LogP contribution is -2.57. The van der Waals surface area contributed by atoms with Crippen molar-refractivity contribution in [3.8, 4) is 0 Å². The second kappa shape index (κ2) is 22.5. The molecule has 0 aromatic heterocycles. The highest BCUT2D eigenvalue weighted by molar-refractivity contribution is 5.95. The van der Waals surface area contributed by atoms with Crippen molar-refractivity contribution < 1.29 is 28.7 Å². The minimum atomic E-state index is -1.08. The van der Waals surface area contributed by atoms with Crippen LogP contribution in [0.4, 0.5) is 0 Å². The Kier molecular flexibility index (Phi) is 17.6. The second-order valence-corrected chi connectivity index (χ2v) is 15.5. The molecule has 1 fully saturated rings. The van der Waals surface area contributed by atoms with Crippen LogP contribution < -0.4 is 27.0 Å². The molecule has 3 aromatic carbocycles. The Balaban J connectivity index is 1.40. The lowest BCUT2D eigenvalue weighted by molar-refractivity contribution is -0.136. The molecule has 1 saturated carbocycles. The molecule has 4 rings (SSSR count). The van der Waals surface area contributed by atoms with Crippen molar-refractivity contribution in [3.05, 3.63) is 107 Å². The SMILES string of the molecule is CCc1ccc(C(=O)NCCCC[C@@H](NC(=O)C(Cc2ccccc2)NC(=O)C(Cc2ccccc2)NC(=O)COC2CC(C)CCC2C(C)C)C(N)=O)cc1. The average molecular weight is 768 g/mol. The highest BCUT2D eigenvalue weighted by Gasteiger charge is 2.33. The number of hydrogen-bond donors (Lipinski definition) is 5. The van der Waals surface area contributed by atoms with Crippen molar-refractivity contribution in [1.82, 2.24) is 21.3 Å². The Labute approximate surface area is 332 Å². The third-order valence-corrected chi connectivity index (χ3v) is 10.7. The molecule has 0 spiro atoms. The van der Waals surface area contributed by atoms with Crippen LogP contribution in [-0.4, -0.2) is 66.9 Å². The smallest absolute Gasteiger partial charge is 0.251 e. The molecule has 302 valence electrons. The number of carbonyl (C=O) groups excluding carboxylic acids is 5. The van der Waals surface area contributed by atoms with E-state index < -0.39 is 41.8 Å². The fourth-order valence-corrected chi connectivity index (χ4v) is 7.34. The van der Waals surface area contributed by atoms with Crippen molar-refractivity contribution in [3.63, 3.8) is 0 Å². The number of hydrogen-bond acceptors (Lipinski definition) is 6. The molecule has 0 saturated heterocycles. The molecule has 1 aliphatic rings. The quantitative estimate of drug-likeness (QED) is 0.0951. The third kappa shape index (κ3) is 14.2. The summed E-state index contributed by atoms with van der Waals surface area (Å²) in [5, 5.41) is 11.4. The number of rotatable bonds is 21. The van der Waals surface area contributed by atoms with Gasteiger partial charge >= 0.3 is 0 Å². The van der Waals surface area contributed by atoms with E-state index in [1.807, 2.05) is 72.8 Å². The van der Waals surface area contributed by atoms with E-state index in [0.717, 1.165) is 42.4 Å². The Hall–Kier alpha value is -5.03. The Morgan fingerprint density at radius 3 is 1.86 bits per heavy atom. The number of carbonyl (C=O) groups is 5. The Morgan fingerprint density at radius 1 is 0.732 bits per heavy atom. The third-order valence-electron chi connectivity index (χ3n) is 10.7. The van der Waals surface area contributed by atoms with Gasteiger partial charge in [0, 0.05) is 24.9 Å². The van der Waals surface area contributed by atoms with E-state index in [0.29, 0.717) is 42.7 Å². The lowest BCUT2D eigenvalue weighted by Gasteiger charge is -2.37. The summed E-state index contributed by atoms with van der Waals surface area (Å²) in [6.07, 6.45) is 5.58. The largest absolute Gasteiger partial charge is 0.368 e. The first-order valence-corrected chi connectivity index (χ1v) is 20.2. The van der Waals surface area contributed by atoms with E-state index >= 15 is 0 Å². The Morgan fingerprint density at radius 2 is 1.30 bits per heavy atom. The van der Waals surface area contributed by atoms with E-state index in [4.69, 9.17) is 10.5 Å². The molecule has 0 radical (unpaired) electrons. The van der Waals surface area contributed by atoms with Crippen LogP contribution in [0, 0.1) is 17.8 Å². The van der Waals surface area contributed by atoms with Crippen LogP contribution in [0.2, 0.25) is 0 Å². The fraction of sp³-hybridized carbons (Fsp3) is 0.489. The number of benzene rings is 3. The van der Waals surface area contributed by atoms with Crippen LogP contribution >= 0.6 is 0 Å². The van der Waals surface area contributed by atoms with Gasteiger partial charge in [0.25, 0.3) is 5.91 Å². The van der Waals surface area contributed by atoms with Crippen LogP contribution in [0.25, 0.3) is 0 Å². The van der Waals surface area contributed by atoms with Gasteiger partial charge in [-0.05, 0) is 85.1 Å². The summed E-state index contributed by atoms with van der Waals surface area (Å²) in [6, 6.07) is 23.0. The minimum Gasteiger partial charge on any atom is -0.368 e.